The third kappa shape index (κ3) is 1.37. The maximum Gasteiger partial charge on any atom is 0.139 e. The van der Waals surface area contributed by atoms with E-state index in [9.17, 15) is 4.79 Å². The molecule has 1 heterocycles. The van der Waals surface area contributed by atoms with Crippen LogP contribution in [0.3, 0.4) is 0 Å². The summed E-state index contributed by atoms with van der Waals surface area (Å²) in [6.45, 7) is 0.667. The van der Waals surface area contributed by atoms with Gasteiger partial charge in [-0.3, -0.25) is 0 Å². The minimum absolute atomic E-state index is 0.407. The molecule has 0 aromatic heterocycles. The van der Waals surface area contributed by atoms with Crippen molar-refractivity contribution in [1.29, 1.82) is 0 Å². The molecule has 0 fully saturated rings. The van der Waals surface area contributed by atoms with Crippen LogP contribution in [0.1, 0.15) is 0 Å². The Balaban J connectivity index is 2.54. The molecule has 3 heteroatoms. The van der Waals surface area contributed by atoms with Gasteiger partial charge in [-0.15, -0.1) is 0 Å². The molecule has 1 aliphatic rings. The zero-order valence-corrected chi connectivity index (χ0v) is 4.95. The average molecular weight is 127 g/mol. The van der Waals surface area contributed by atoms with E-state index in [1.165, 1.54) is 0 Å². The Bertz CT molecular complexity index is 133. The van der Waals surface area contributed by atoms with Crippen LogP contribution in [0.25, 0.3) is 0 Å². The van der Waals surface area contributed by atoms with Crippen LogP contribution in [0.2, 0.25) is 0 Å². The van der Waals surface area contributed by atoms with Gasteiger partial charge in [0.05, 0.1) is 12.1 Å². The SMILES string of the molecule is O=CC1NCC=CC1O. The van der Waals surface area contributed by atoms with Crippen molar-refractivity contribution in [3.05, 3.63) is 12.2 Å². The standard InChI is InChI=1S/C6H9NO2/c8-4-5-6(9)2-1-3-7-5/h1-2,4-7,9H,3H2. The highest BCUT2D eigenvalue weighted by Crippen LogP contribution is 1.96. The Morgan fingerprint density at radius 1 is 1.78 bits per heavy atom. The lowest BCUT2D eigenvalue weighted by molar-refractivity contribution is -0.111. The van der Waals surface area contributed by atoms with Gasteiger partial charge >= 0.3 is 0 Å². The molecule has 0 bridgehead atoms. The molecule has 1 rings (SSSR count). The number of carbonyl (C=O) groups excluding carboxylic acids is 1. The molecule has 2 N–H and O–H groups in total. The normalized spacial score (nSPS) is 34.3. The highest BCUT2D eigenvalue weighted by Gasteiger charge is 2.16. The monoisotopic (exact) mass is 127 g/mol. The second-order valence-electron chi connectivity index (χ2n) is 1.99. The number of nitrogens with one attached hydrogen (secondary N) is 1. The summed E-state index contributed by atoms with van der Waals surface area (Å²) in [5.41, 5.74) is 0. The third-order valence-electron chi connectivity index (χ3n) is 1.32. The van der Waals surface area contributed by atoms with Gasteiger partial charge < -0.3 is 15.2 Å². The smallest absolute Gasteiger partial charge is 0.139 e. The minimum Gasteiger partial charge on any atom is -0.387 e. The van der Waals surface area contributed by atoms with Gasteiger partial charge in [0.25, 0.3) is 0 Å². The summed E-state index contributed by atoms with van der Waals surface area (Å²) in [7, 11) is 0. The Kier molecular flexibility index (Phi) is 1.97. The Hall–Kier alpha value is -0.670. The molecule has 0 aromatic carbocycles. The molecule has 2 unspecified atom stereocenters. The molecule has 2 atom stereocenters. The summed E-state index contributed by atoms with van der Waals surface area (Å²) in [4.78, 5) is 10.1. The van der Waals surface area contributed by atoms with E-state index < -0.39 is 12.1 Å². The molecular weight excluding hydrogens is 118 g/mol. The number of aldehydes is 1. The van der Waals surface area contributed by atoms with E-state index in [-0.39, 0.29) is 0 Å². The van der Waals surface area contributed by atoms with Crippen molar-refractivity contribution in [2.24, 2.45) is 0 Å². The Labute approximate surface area is 53.4 Å². The second kappa shape index (κ2) is 2.75. The number of aliphatic hydroxyl groups excluding tert-OH is 1. The lowest BCUT2D eigenvalue weighted by Crippen LogP contribution is -2.42. The van der Waals surface area contributed by atoms with Gasteiger partial charge in [0, 0.05) is 6.54 Å². The van der Waals surface area contributed by atoms with Crippen molar-refractivity contribution in [3.8, 4) is 0 Å². The summed E-state index contributed by atoms with van der Waals surface area (Å²) >= 11 is 0. The predicted octanol–water partition coefficient (Wildman–Crippen LogP) is -0.926. The Morgan fingerprint density at radius 2 is 2.56 bits per heavy atom. The topological polar surface area (TPSA) is 49.3 Å². The Morgan fingerprint density at radius 3 is 3.00 bits per heavy atom. The van der Waals surface area contributed by atoms with E-state index in [1.54, 1.807) is 12.2 Å². The van der Waals surface area contributed by atoms with Crippen LogP contribution in [-0.2, 0) is 4.79 Å². The summed E-state index contributed by atoms with van der Waals surface area (Å²) in [6.07, 6.45) is 3.49. The largest absolute Gasteiger partial charge is 0.387 e. The van der Waals surface area contributed by atoms with Crippen LogP contribution >= 0.6 is 0 Å². The molecule has 1 aliphatic heterocycles. The molecule has 3 nitrogen and oxygen atoms in total. The van der Waals surface area contributed by atoms with E-state index in [1.807, 2.05) is 0 Å². The summed E-state index contributed by atoms with van der Waals surface area (Å²) in [6, 6.07) is -0.407. The van der Waals surface area contributed by atoms with Gasteiger partial charge in [-0.1, -0.05) is 12.2 Å². The molecule has 0 saturated heterocycles. The van der Waals surface area contributed by atoms with E-state index >= 15 is 0 Å². The molecule has 0 amide bonds. The van der Waals surface area contributed by atoms with Crippen LogP contribution in [0.15, 0.2) is 12.2 Å². The summed E-state index contributed by atoms with van der Waals surface area (Å²) < 4.78 is 0. The van der Waals surface area contributed by atoms with E-state index in [0.29, 0.717) is 12.8 Å². The lowest BCUT2D eigenvalue weighted by Gasteiger charge is -2.18. The molecule has 0 aliphatic carbocycles. The van der Waals surface area contributed by atoms with Crippen molar-refractivity contribution in [2.75, 3.05) is 6.54 Å². The highest BCUT2D eigenvalue weighted by molar-refractivity contribution is 5.59. The first-order valence-corrected chi connectivity index (χ1v) is 2.88. The van der Waals surface area contributed by atoms with Crippen LogP contribution in [0.5, 0.6) is 0 Å². The van der Waals surface area contributed by atoms with Crippen molar-refractivity contribution in [1.82, 2.24) is 5.32 Å². The van der Waals surface area contributed by atoms with Crippen molar-refractivity contribution >= 4 is 6.29 Å². The number of aliphatic hydroxyl groups is 1. The minimum atomic E-state index is -0.642. The summed E-state index contributed by atoms with van der Waals surface area (Å²) in [5.74, 6) is 0. The zero-order chi connectivity index (χ0) is 6.69. The molecule has 50 valence electrons. The summed E-state index contributed by atoms with van der Waals surface area (Å²) in [5, 5.41) is 11.8. The first-order valence-electron chi connectivity index (χ1n) is 2.88. The fourth-order valence-corrected chi connectivity index (χ4v) is 0.781. The van der Waals surface area contributed by atoms with Gasteiger partial charge in [-0.05, 0) is 0 Å². The van der Waals surface area contributed by atoms with Crippen LogP contribution < -0.4 is 5.32 Å². The fraction of sp³-hybridized carbons (Fsp3) is 0.500. The molecule has 0 aromatic rings. The van der Waals surface area contributed by atoms with Gasteiger partial charge in [0.2, 0.25) is 0 Å². The van der Waals surface area contributed by atoms with Crippen molar-refractivity contribution in [2.45, 2.75) is 12.1 Å². The first-order chi connectivity index (χ1) is 4.34. The fourth-order valence-electron chi connectivity index (χ4n) is 0.781. The van der Waals surface area contributed by atoms with Crippen LogP contribution in [-0.4, -0.2) is 30.1 Å². The van der Waals surface area contributed by atoms with Gasteiger partial charge in [0.15, 0.2) is 0 Å². The highest BCUT2D eigenvalue weighted by atomic mass is 16.3. The van der Waals surface area contributed by atoms with Gasteiger partial charge in [-0.2, -0.15) is 0 Å². The molecule has 0 radical (unpaired) electrons. The maximum absolute atomic E-state index is 10.1. The quantitative estimate of drug-likeness (QED) is 0.353. The number of hydrogen-bond acceptors (Lipinski definition) is 3. The predicted molar refractivity (Wildman–Crippen MR) is 33.0 cm³/mol. The van der Waals surface area contributed by atoms with Gasteiger partial charge in [0.1, 0.15) is 6.29 Å². The number of hydrogen-bond donors (Lipinski definition) is 2. The van der Waals surface area contributed by atoms with Crippen molar-refractivity contribution in [3.63, 3.8) is 0 Å². The first kappa shape index (κ1) is 6.45. The van der Waals surface area contributed by atoms with E-state index in [0.717, 1.165) is 0 Å². The van der Waals surface area contributed by atoms with E-state index in [2.05, 4.69) is 5.32 Å². The molecule has 0 saturated carbocycles. The second-order valence-corrected chi connectivity index (χ2v) is 1.99. The lowest BCUT2D eigenvalue weighted by atomic mass is 10.1. The average Bonchev–Trinajstić information content (AvgIpc) is 1.89. The third-order valence-corrected chi connectivity index (χ3v) is 1.32. The zero-order valence-electron chi connectivity index (χ0n) is 4.95. The van der Waals surface area contributed by atoms with Crippen molar-refractivity contribution < 1.29 is 9.90 Å². The number of carbonyl (C=O) groups is 1. The van der Waals surface area contributed by atoms with Crippen LogP contribution in [0, 0.1) is 0 Å². The molecule has 0 spiro atoms. The molecular formula is C6H9NO2. The number of rotatable bonds is 1. The van der Waals surface area contributed by atoms with Crippen LogP contribution in [0.4, 0.5) is 0 Å². The molecule has 9 heavy (non-hydrogen) atoms. The maximum atomic E-state index is 10.1. The van der Waals surface area contributed by atoms with E-state index in [4.69, 9.17) is 5.11 Å². The van der Waals surface area contributed by atoms with Gasteiger partial charge in [-0.25, -0.2) is 0 Å².